The Balaban J connectivity index is 2.02. The molecular weight excluding hydrogens is 298 g/mol. The molecule has 0 aliphatic carbocycles. The first-order chi connectivity index (χ1) is 11.5. The SMILES string of the molecule is CC(C)c1ccc(NC(=O)NC(CN(C)C)c2ccccc2)cc1. The maximum absolute atomic E-state index is 12.4. The van der Waals surface area contributed by atoms with Crippen LogP contribution in [0.3, 0.4) is 0 Å². The highest BCUT2D eigenvalue weighted by atomic mass is 16.2. The summed E-state index contributed by atoms with van der Waals surface area (Å²) in [6, 6.07) is 17.8. The number of hydrogen-bond acceptors (Lipinski definition) is 2. The van der Waals surface area contributed by atoms with E-state index in [4.69, 9.17) is 0 Å². The standard InChI is InChI=1S/C20H27N3O/c1-15(2)16-10-12-18(13-11-16)21-20(24)22-19(14-23(3)4)17-8-6-5-7-9-17/h5-13,15,19H,14H2,1-4H3,(H2,21,22,24). The molecule has 2 aromatic rings. The second kappa shape index (κ2) is 8.50. The fourth-order valence-corrected chi connectivity index (χ4v) is 2.56. The number of hydrogen-bond donors (Lipinski definition) is 2. The van der Waals surface area contributed by atoms with Crippen LogP contribution in [0.1, 0.15) is 36.9 Å². The van der Waals surface area contributed by atoms with E-state index in [1.807, 2.05) is 56.6 Å². The summed E-state index contributed by atoms with van der Waals surface area (Å²) in [5.74, 6) is 0.482. The highest BCUT2D eigenvalue weighted by Gasteiger charge is 2.15. The van der Waals surface area contributed by atoms with Crippen molar-refractivity contribution in [3.63, 3.8) is 0 Å². The molecule has 24 heavy (non-hydrogen) atoms. The first kappa shape index (κ1) is 18.0. The normalized spacial score (nSPS) is 12.2. The minimum absolute atomic E-state index is 0.0591. The topological polar surface area (TPSA) is 44.4 Å². The van der Waals surface area contributed by atoms with Crippen LogP contribution in [-0.4, -0.2) is 31.6 Å². The molecule has 2 rings (SSSR count). The van der Waals surface area contributed by atoms with Gasteiger partial charge in [0.2, 0.25) is 0 Å². The minimum atomic E-state index is -0.192. The largest absolute Gasteiger partial charge is 0.330 e. The van der Waals surface area contributed by atoms with E-state index >= 15 is 0 Å². The summed E-state index contributed by atoms with van der Waals surface area (Å²) in [7, 11) is 4.00. The van der Waals surface area contributed by atoms with E-state index in [0.717, 1.165) is 17.8 Å². The molecule has 0 aromatic heterocycles. The van der Waals surface area contributed by atoms with E-state index in [-0.39, 0.29) is 12.1 Å². The van der Waals surface area contributed by atoms with E-state index in [0.29, 0.717) is 5.92 Å². The molecular formula is C20H27N3O. The van der Waals surface area contributed by atoms with Gasteiger partial charge in [-0.3, -0.25) is 0 Å². The van der Waals surface area contributed by atoms with Crippen LogP contribution in [-0.2, 0) is 0 Å². The van der Waals surface area contributed by atoms with Crippen molar-refractivity contribution in [1.82, 2.24) is 10.2 Å². The second-order valence-electron chi connectivity index (χ2n) is 6.60. The fourth-order valence-electron chi connectivity index (χ4n) is 2.56. The number of nitrogens with one attached hydrogen (secondary N) is 2. The van der Waals surface area contributed by atoms with Crippen LogP contribution in [0, 0.1) is 0 Å². The van der Waals surface area contributed by atoms with Crippen LogP contribution in [0.25, 0.3) is 0 Å². The zero-order chi connectivity index (χ0) is 17.5. The van der Waals surface area contributed by atoms with Gasteiger partial charge in [0.25, 0.3) is 0 Å². The van der Waals surface area contributed by atoms with Crippen molar-refractivity contribution in [2.24, 2.45) is 0 Å². The Morgan fingerprint density at radius 1 is 0.958 bits per heavy atom. The summed E-state index contributed by atoms with van der Waals surface area (Å²) in [5, 5.41) is 5.97. The zero-order valence-electron chi connectivity index (χ0n) is 14.9. The molecule has 1 unspecified atom stereocenters. The van der Waals surface area contributed by atoms with Crippen LogP contribution in [0.15, 0.2) is 54.6 Å². The lowest BCUT2D eigenvalue weighted by Crippen LogP contribution is -2.37. The second-order valence-corrected chi connectivity index (χ2v) is 6.60. The number of likely N-dealkylation sites (N-methyl/N-ethyl adjacent to an activating group) is 1. The number of amides is 2. The Kier molecular flexibility index (Phi) is 6.38. The van der Waals surface area contributed by atoms with Gasteiger partial charge in [-0.05, 0) is 43.3 Å². The third-order valence-electron chi connectivity index (χ3n) is 3.89. The number of nitrogens with zero attached hydrogens (tertiary/aromatic N) is 1. The number of carbonyl (C=O) groups excluding carboxylic acids is 1. The lowest BCUT2D eigenvalue weighted by atomic mass is 10.0. The summed E-state index contributed by atoms with van der Waals surface area (Å²) in [4.78, 5) is 14.4. The molecule has 0 radical (unpaired) electrons. The van der Waals surface area contributed by atoms with Gasteiger partial charge in [0, 0.05) is 12.2 Å². The monoisotopic (exact) mass is 325 g/mol. The Hall–Kier alpha value is -2.33. The van der Waals surface area contributed by atoms with Crippen LogP contribution < -0.4 is 10.6 Å². The summed E-state index contributed by atoms with van der Waals surface area (Å²) in [6.07, 6.45) is 0. The van der Waals surface area contributed by atoms with Crippen LogP contribution in [0.2, 0.25) is 0 Å². The van der Waals surface area contributed by atoms with E-state index in [9.17, 15) is 4.79 Å². The summed E-state index contributed by atoms with van der Waals surface area (Å²) in [6.45, 7) is 5.05. The predicted octanol–water partition coefficient (Wildman–Crippen LogP) is 4.23. The maximum atomic E-state index is 12.4. The summed E-state index contributed by atoms with van der Waals surface area (Å²) >= 11 is 0. The van der Waals surface area contributed by atoms with Gasteiger partial charge in [0.15, 0.2) is 0 Å². The van der Waals surface area contributed by atoms with Gasteiger partial charge >= 0.3 is 6.03 Å². The molecule has 2 N–H and O–H groups in total. The summed E-state index contributed by atoms with van der Waals surface area (Å²) < 4.78 is 0. The van der Waals surface area contributed by atoms with E-state index in [1.165, 1.54) is 5.56 Å². The number of rotatable bonds is 6. The smallest absolute Gasteiger partial charge is 0.319 e. The maximum Gasteiger partial charge on any atom is 0.319 e. The van der Waals surface area contributed by atoms with Gasteiger partial charge in [-0.15, -0.1) is 0 Å². The zero-order valence-corrected chi connectivity index (χ0v) is 14.9. The van der Waals surface area contributed by atoms with E-state index in [1.54, 1.807) is 0 Å². The Morgan fingerprint density at radius 2 is 1.58 bits per heavy atom. The molecule has 0 saturated heterocycles. The number of benzene rings is 2. The van der Waals surface area contributed by atoms with Crippen molar-refractivity contribution in [3.05, 3.63) is 65.7 Å². The van der Waals surface area contributed by atoms with Crippen LogP contribution >= 0.6 is 0 Å². The van der Waals surface area contributed by atoms with E-state index < -0.39 is 0 Å². The third-order valence-corrected chi connectivity index (χ3v) is 3.89. The molecule has 128 valence electrons. The quantitative estimate of drug-likeness (QED) is 0.834. The molecule has 2 aromatic carbocycles. The molecule has 2 amide bonds. The lowest BCUT2D eigenvalue weighted by Gasteiger charge is -2.23. The molecule has 0 spiro atoms. The predicted molar refractivity (Wildman–Crippen MR) is 100 cm³/mol. The van der Waals surface area contributed by atoms with Gasteiger partial charge in [-0.25, -0.2) is 4.79 Å². The fraction of sp³-hybridized carbons (Fsp3) is 0.350. The van der Waals surface area contributed by atoms with E-state index in [2.05, 4.69) is 41.5 Å². The molecule has 4 heteroatoms. The number of carbonyl (C=O) groups is 1. The number of anilines is 1. The molecule has 0 aliphatic heterocycles. The average Bonchev–Trinajstić information content (AvgIpc) is 2.55. The highest BCUT2D eigenvalue weighted by Crippen LogP contribution is 2.18. The number of urea groups is 1. The first-order valence-corrected chi connectivity index (χ1v) is 8.33. The van der Waals surface area contributed by atoms with Gasteiger partial charge in [-0.2, -0.15) is 0 Å². The van der Waals surface area contributed by atoms with Gasteiger partial charge in [0.1, 0.15) is 0 Å². The van der Waals surface area contributed by atoms with Gasteiger partial charge < -0.3 is 15.5 Å². The highest BCUT2D eigenvalue weighted by molar-refractivity contribution is 5.89. The van der Waals surface area contributed by atoms with Crippen molar-refractivity contribution in [3.8, 4) is 0 Å². The Bertz CT molecular complexity index is 636. The summed E-state index contributed by atoms with van der Waals surface area (Å²) in [5.41, 5.74) is 3.15. The van der Waals surface area contributed by atoms with Crippen molar-refractivity contribution < 1.29 is 4.79 Å². The van der Waals surface area contributed by atoms with Crippen molar-refractivity contribution in [2.75, 3.05) is 26.0 Å². The first-order valence-electron chi connectivity index (χ1n) is 8.33. The molecule has 0 heterocycles. The average molecular weight is 325 g/mol. The van der Waals surface area contributed by atoms with Gasteiger partial charge in [-0.1, -0.05) is 56.3 Å². The molecule has 4 nitrogen and oxygen atoms in total. The van der Waals surface area contributed by atoms with Crippen molar-refractivity contribution in [2.45, 2.75) is 25.8 Å². The molecule has 0 aliphatic rings. The minimum Gasteiger partial charge on any atom is -0.330 e. The molecule has 1 atom stereocenters. The van der Waals surface area contributed by atoms with Crippen molar-refractivity contribution >= 4 is 11.7 Å². The molecule has 0 bridgehead atoms. The van der Waals surface area contributed by atoms with Crippen LogP contribution in [0.4, 0.5) is 10.5 Å². The molecule has 0 fully saturated rings. The Labute approximate surface area is 144 Å². The third kappa shape index (κ3) is 5.39. The molecule has 0 saturated carbocycles. The van der Waals surface area contributed by atoms with Crippen molar-refractivity contribution in [1.29, 1.82) is 0 Å². The van der Waals surface area contributed by atoms with Gasteiger partial charge in [0.05, 0.1) is 6.04 Å². The lowest BCUT2D eigenvalue weighted by molar-refractivity contribution is 0.244. The Morgan fingerprint density at radius 3 is 2.12 bits per heavy atom. The van der Waals surface area contributed by atoms with Crippen LogP contribution in [0.5, 0.6) is 0 Å².